The van der Waals surface area contributed by atoms with Crippen molar-refractivity contribution >= 4 is 68.7 Å². The first-order valence-electron chi connectivity index (χ1n) is 22.2. The fraction of sp³-hybridized carbons (Fsp3) is 0.362. The molecule has 6 heterocycles. The zero-order valence-electron chi connectivity index (χ0n) is 35.4. The van der Waals surface area contributed by atoms with Crippen LogP contribution in [0.5, 0.6) is 0 Å². The van der Waals surface area contributed by atoms with Gasteiger partial charge >= 0.3 is 0 Å². The van der Waals surface area contributed by atoms with Crippen molar-refractivity contribution in [2.24, 2.45) is 5.92 Å². The average Bonchev–Trinajstić information content (AvgIpc) is 4.11. The Morgan fingerprint density at radius 2 is 1.05 bits per heavy atom. The number of benzene rings is 1. The summed E-state index contributed by atoms with van der Waals surface area (Å²) in [5.41, 5.74) is 3.29. The number of H-pyrrole nitrogens is 2. The highest BCUT2D eigenvalue weighted by Gasteiger charge is 2.32. The Morgan fingerprint density at radius 1 is 0.585 bits per heavy atom. The van der Waals surface area contributed by atoms with E-state index in [2.05, 4.69) is 61.1 Å². The minimum absolute atomic E-state index is 0.0363. The van der Waals surface area contributed by atoms with E-state index < -0.39 is 11.6 Å². The molecular formula is C47H48Cl2F2N12O2. The summed E-state index contributed by atoms with van der Waals surface area (Å²) in [6.07, 6.45) is 20.5. The molecule has 336 valence electrons. The van der Waals surface area contributed by atoms with Crippen LogP contribution in [0.1, 0.15) is 87.4 Å². The van der Waals surface area contributed by atoms with Crippen molar-refractivity contribution in [3.8, 4) is 22.8 Å². The Kier molecular flexibility index (Phi) is 13.4. The maximum Gasteiger partial charge on any atom is 0.251 e. The summed E-state index contributed by atoms with van der Waals surface area (Å²) in [5, 5.41) is 15.3. The van der Waals surface area contributed by atoms with Crippen LogP contribution in [0, 0.1) is 17.6 Å². The van der Waals surface area contributed by atoms with Crippen LogP contribution in [0.2, 0.25) is 10.0 Å². The van der Waals surface area contributed by atoms with E-state index >= 15 is 0 Å². The topological polar surface area (TPSA) is 191 Å². The van der Waals surface area contributed by atoms with Gasteiger partial charge < -0.3 is 31.2 Å². The summed E-state index contributed by atoms with van der Waals surface area (Å²) in [6, 6.07) is 12.2. The number of carbonyl (C=O) groups is 2. The van der Waals surface area contributed by atoms with Gasteiger partial charge in [0.15, 0.2) is 34.9 Å². The number of hydrogen-bond donors (Lipinski definition) is 6. The molecule has 0 spiro atoms. The summed E-state index contributed by atoms with van der Waals surface area (Å²) in [6.45, 7) is 0. The predicted octanol–water partition coefficient (Wildman–Crippen LogP) is 9.81. The van der Waals surface area contributed by atoms with E-state index in [9.17, 15) is 18.4 Å². The SMILES string of the molecule is O=C(NC1CCCCC1Nc1nc(-c2c[nH]c3ncc(Cl)cc23)ncc1F)C1CCCC1.O=C(NC1CCCCC1Nc1nc(-c2c[nH]c3ncc(Cl)cc23)ncc1F)c1ccccc1. The second kappa shape index (κ2) is 19.9. The van der Waals surface area contributed by atoms with Gasteiger partial charge in [-0.05, 0) is 62.8 Å². The number of nitrogens with one attached hydrogen (secondary N) is 6. The fourth-order valence-corrected chi connectivity index (χ4v) is 9.47. The minimum Gasteiger partial charge on any atom is -0.363 e. The number of aromatic amines is 2. The highest BCUT2D eigenvalue weighted by Crippen LogP contribution is 2.32. The maximum atomic E-state index is 14.7. The molecule has 3 aliphatic rings. The number of fused-ring (bicyclic) bond motifs is 2. The third-order valence-corrected chi connectivity index (χ3v) is 13.0. The number of aromatic nitrogens is 8. The number of pyridine rings is 2. The van der Waals surface area contributed by atoms with Crippen molar-refractivity contribution in [1.82, 2.24) is 50.5 Å². The normalized spacial score (nSPS) is 19.9. The number of anilines is 2. The standard InChI is InChI=1S/C24H22ClFN6O.C23H26ClFN6O/c25-15-10-16-17(12-28-21(16)27-11-15)22-29-13-18(26)23(32-22)30-19-8-4-5-9-20(19)31-24(33)14-6-2-1-3-7-14;24-14-9-15-16(11-27-20(15)26-10-14)21-28-12-17(25)22(31-21)29-18-7-3-4-8-19(18)30-23(32)13-5-1-2-6-13/h1-3,6-7,10-13,19-20H,4-5,8-9H2,(H,27,28)(H,31,33)(H,29,30,32);9-13,18-19H,1-8H2,(H,26,27)(H,30,32)(H,28,29,31). The molecule has 0 bridgehead atoms. The van der Waals surface area contributed by atoms with Crippen molar-refractivity contribution in [3.63, 3.8) is 0 Å². The second-order valence-electron chi connectivity index (χ2n) is 16.9. The van der Waals surface area contributed by atoms with Gasteiger partial charge in [-0.25, -0.2) is 38.7 Å². The van der Waals surface area contributed by atoms with E-state index in [4.69, 9.17) is 23.2 Å². The Labute approximate surface area is 383 Å². The molecule has 65 heavy (non-hydrogen) atoms. The van der Waals surface area contributed by atoms with E-state index in [1.165, 1.54) is 6.20 Å². The molecule has 3 fully saturated rings. The van der Waals surface area contributed by atoms with Gasteiger partial charge in [0, 0.05) is 82.3 Å². The van der Waals surface area contributed by atoms with E-state index in [0.29, 0.717) is 49.7 Å². The number of nitrogens with zero attached hydrogens (tertiary/aromatic N) is 6. The maximum absolute atomic E-state index is 14.7. The average molecular weight is 922 g/mol. The van der Waals surface area contributed by atoms with Crippen LogP contribution < -0.4 is 21.3 Å². The Bertz CT molecular complexity index is 2800. The number of rotatable bonds is 10. The molecule has 0 radical (unpaired) electrons. The molecule has 0 saturated heterocycles. The lowest BCUT2D eigenvalue weighted by Gasteiger charge is -2.34. The van der Waals surface area contributed by atoms with E-state index in [0.717, 1.165) is 94.0 Å². The van der Waals surface area contributed by atoms with Gasteiger partial charge in [-0.2, -0.15) is 0 Å². The highest BCUT2D eigenvalue weighted by atomic mass is 35.5. The molecule has 6 aromatic heterocycles. The molecule has 18 heteroatoms. The molecule has 7 aromatic rings. The lowest BCUT2D eigenvalue weighted by Crippen LogP contribution is -2.50. The van der Waals surface area contributed by atoms with E-state index in [-0.39, 0.29) is 53.5 Å². The summed E-state index contributed by atoms with van der Waals surface area (Å²) < 4.78 is 29.3. The van der Waals surface area contributed by atoms with Crippen LogP contribution in [0.15, 0.2) is 79.6 Å². The molecule has 4 unspecified atom stereocenters. The van der Waals surface area contributed by atoms with Gasteiger partial charge in [0.25, 0.3) is 5.91 Å². The molecule has 4 atom stereocenters. The molecule has 6 N–H and O–H groups in total. The van der Waals surface area contributed by atoms with Crippen LogP contribution in [-0.2, 0) is 4.79 Å². The van der Waals surface area contributed by atoms with Crippen LogP contribution in [-0.4, -0.2) is 75.9 Å². The first kappa shape index (κ1) is 44.0. The van der Waals surface area contributed by atoms with Crippen LogP contribution in [0.3, 0.4) is 0 Å². The number of hydrogen-bond acceptors (Lipinski definition) is 10. The zero-order chi connectivity index (χ0) is 44.9. The molecule has 10 rings (SSSR count). The van der Waals surface area contributed by atoms with Crippen molar-refractivity contribution in [3.05, 3.63) is 107 Å². The molecule has 1 aromatic carbocycles. The van der Waals surface area contributed by atoms with E-state index in [1.807, 2.05) is 18.2 Å². The monoisotopic (exact) mass is 920 g/mol. The molecule has 3 aliphatic carbocycles. The van der Waals surface area contributed by atoms with Gasteiger partial charge in [-0.3, -0.25) is 9.59 Å². The number of carbonyl (C=O) groups excluding carboxylic acids is 2. The zero-order valence-corrected chi connectivity index (χ0v) is 36.9. The first-order valence-corrected chi connectivity index (χ1v) is 22.9. The molecule has 2 amide bonds. The Morgan fingerprint density at radius 3 is 1.55 bits per heavy atom. The quantitative estimate of drug-likeness (QED) is 0.0770. The van der Waals surface area contributed by atoms with Gasteiger partial charge in [0.05, 0.1) is 22.4 Å². The molecule has 0 aliphatic heterocycles. The highest BCUT2D eigenvalue weighted by molar-refractivity contribution is 6.31. The van der Waals surface area contributed by atoms with Crippen molar-refractivity contribution in [2.75, 3.05) is 10.6 Å². The summed E-state index contributed by atoms with van der Waals surface area (Å²) >= 11 is 12.2. The molecule has 3 saturated carbocycles. The minimum atomic E-state index is -0.548. The molecule has 14 nitrogen and oxygen atoms in total. The van der Waals surface area contributed by atoms with Crippen molar-refractivity contribution < 1.29 is 18.4 Å². The fourth-order valence-electron chi connectivity index (χ4n) is 9.16. The Balaban J connectivity index is 0.000000164. The first-order chi connectivity index (χ1) is 31.7. The van der Waals surface area contributed by atoms with Crippen LogP contribution >= 0.6 is 23.2 Å². The summed E-state index contributed by atoms with van der Waals surface area (Å²) in [4.78, 5) is 57.3. The van der Waals surface area contributed by atoms with Gasteiger partial charge in [-0.15, -0.1) is 0 Å². The van der Waals surface area contributed by atoms with Crippen molar-refractivity contribution in [2.45, 2.75) is 101 Å². The number of amides is 2. The second-order valence-corrected chi connectivity index (χ2v) is 17.8. The van der Waals surface area contributed by atoms with Gasteiger partial charge in [0.2, 0.25) is 5.91 Å². The van der Waals surface area contributed by atoms with Crippen LogP contribution in [0.25, 0.3) is 44.8 Å². The third kappa shape index (κ3) is 10.2. The molecular weight excluding hydrogens is 874 g/mol. The van der Waals surface area contributed by atoms with Crippen LogP contribution in [0.4, 0.5) is 20.4 Å². The summed E-state index contributed by atoms with van der Waals surface area (Å²) in [5.74, 6) is 0.0319. The van der Waals surface area contributed by atoms with E-state index in [1.54, 1.807) is 49.1 Å². The van der Waals surface area contributed by atoms with Gasteiger partial charge in [-0.1, -0.05) is 79.9 Å². The van der Waals surface area contributed by atoms with Gasteiger partial charge in [0.1, 0.15) is 11.3 Å². The largest absolute Gasteiger partial charge is 0.363 e. The third-order valence-electron chi connectivity index (χ3n) is 12.5. The summed E-state index contributed by atoms with van der Waals surface area (Å²) in [7, 11) is 0. The van der Waals surface area contributed by atoms with Crippen molar-refractivity contribution in [1.29, 1.82) is 0 Å². The number of halogens is 4. The lowest BCUT2D eigenvalue weighted by atomic mass is 9.89. The smallest absolute Gasteiger partial charge is 0.251 e. The Hall–Kier alpha value is -6.26. The predicted molar refractivity (Wildman–Crippen MR) is 248 cm³/mol. The lowest BCUT2D eigenvalue weighted by molar-refractivity contribution is -0.125.